The number of carbonyl (C=O) groups is 7. The number of hydrogen-bond acceptors (Lipinski definition) is 17. The molecule has 0 bridgehead atoms. The quantitative estimate of drug-likeness (QED) is 0.118. The summed E-state index contributed by atoms with van der Waals surface area (Å²) in [4.78, 5) is 84.0. The number of hydrogen-bond donors (Lipinski definition) is 0. The van der Waals surface area contributed by atoms with E-state index in [9.17, 15) is 33.6 Å². The minimum Gasteiger partial charge on any atom is -0.463 e. The Morgan fingerprint density at radius 2 is 0.864 bits per heavy atom. The van der Waals surface area contributed by atoms with Gasteiger partial charge in [0.25, 0.3) is 0 Å². The van der Waals surface area contributed by atoms with Crippen LogP contribution in [0.25, 0.3) is 0 Å². The Balaban J connectivity index is 2.65. The summed E-state index contributed by atoms with van der Waals surface area (Å²) in [5.74, 6) is -5.76. The van der Waals surface area contributed by atoms with E-state index in [0.29, 0.717) is 0 Å². The van der Waals surface area contributed by atoms with E-state index in [1.165, 1.54) is 0 Å². The topological polar surface area (TPSA) is 212 Å². The fourth-order valence-electron chi connectivity index (χ4n) is 4.52. The summed E-state index contributed by atoms with van der Waals surface area (Å²) in [5.41, 5.74) is 0. The van der Waals surface area contributed by atoms with Crippen molar-refractivity contribution in [2.45, 2.75) is 110 Å². The highest BCUT2D eigenvalue weighted by Gasteiger charge is 2.57. The lowest BCUT2D eigenvalue weighted by Crippen LogP contribution is -2.67. The molecule has 0 radical (unpaired) electrons. The van der Waals surface area contributed by atoms with E-state index >= 15 is 0 Å². The molecule has 2 saturated heterocycles. The van der Waals surface area contributed by atoms with Gasteiger partial charge in [0, 0.05) is 52.9 Å². The van der Waals surface area contributed by atoms with Gasteiger partial charge >= 0.3 is 41.8 Å². The second-order valence-electron chi connectivity index (χ2n) is 9.62. The van der Waals surface area contributed by atoms with Crippen LogP contribution in [0.2, 0.25) is 0 Å². The molecule has 2 fully saturated rings. The summed E-state index contributed by atoms with van der Waals surface area (Å²) in [6.07, 6.45) is -14.6. The zero-order valence-corrected chi connectivity index (χ0v) is 27.2. The van der Waals surface area contributed by atoms with Gasteiger partial charge < -0.3 is 47.4 Å². The fraction of sp³-hybridized carbons (Fsp3) is 0.731. The van der Waals surface area contributed by atoms with E-state index in [-0.39, 0.29) is 4.43 Å². The average molecular weight is 746 g/mol. The zero-order valence-electron chi connectivity index (χ0n) is 25.0. The van der Waals surface area contributed by atoms with Gasteiger partial charge in [-0.05, 0) is 0 Å². The Hall–Kier alpha value is -3.10. The highest BCUT2D eigenvalue weighted by Crippen LogP contribution is 2.35. The third kappa shape index (κ3) is 10.8. The van der Waals surface area contributed by atoms with Crippen LogP contribution < -0.4 is 0 Å². The Bertz CT molecular complexity index is 1090. The number of ether oxygens (including phenoxy) is 10. The van der Waals surface area contributed by atoms with Crippen LogP contribution in [-0.4, -0.2) is 114 Å². The summed E-state index contributed by atoms with van der Waals surface area (Å²) in [7, 11) is 0. The van der Waals surface area contributed by atoms with Crippen LogP contribution in [0.3, 0.4) is 0 Å². The molecule has 0 aromatic carbocycles. The fourth-order valence-corrected chi connectivity index (χ4v) is 5.23. The van der Waals surface area contributed by atoms with Crippen LogP contribution in [0, 0.1) is 0 Å². The van der Waals surface area contributed by atoms with Crippen molar-refractivity contribution in [3.63, 3.8) is 0 Å². The van der Waals surface area contributed by atoms with Crippen LogP contribution in [-0.2, 0) is 80.9 Å². The number of esters is 7. The Labute approximate surface area is 265 Å². The summed E-state index contributed by atoms with van der Waals surface area (Å²) in [6, 6.07) is 0. The van der Waals surface area contributed by atoms with Gasteiger partial charge in [0.2, 0.25) is 12.4 Å². The Morgan fingerprint density at radius 1 is 0.477 bits per heavy atom. The Morgan fingerprint density at radius 3 is 1.30 bits per heavy atom. The molecule has 2 aliphatic rings. The van der Waals surface area contributed by atoms with Crippen LogP contribution >= 0.6 is 22.6 Å². The molecule has 0 spiro atoms. The normalized spacial score (nSPS) is 31.5. The van der Waals surface area contributed by atoms with Crippen molar-refractivity contribution in [2.24, 2.45) is 0 Å². The molecule has 2 rings (SSSR count). The molecule has 17 nitrogen and oxygen atoms in total. The minimum absolute atomic E-state index is 0.121. The molecule has 2 aliphatic heterocycles. The summed E-state index contributed by atoms with van der Waals surface area (Å²) < 4.78 is 55.5. The average Bonchev–Trinajstić information content (AvgIpc) is 2.87. The maximum atomic E-state index is 12.2. The Kier molecular flexibility index (Phi) is 14.2. The van der Waals surface area contributed by atoms with E-state index in [0.717, 1.165) is 48.5 Å². The van der Waals surface area contributed by atoms with Gasteiger partial charge in [0.15, 0.2) is 30.7 Å². The predicted molar refractivity (Wildman–Crippen MR) is 147 cm³/mol. The summed E-state index contributed by atoms with van der Waals surface area (Å²) >= 11 is 1.92. The number of halogens is 1. The lowest BCUT2D eigenvalue weighted by molar-refractivity contribution is -0.353. The summed E-state index contributed by atoms with van der Waals surface area (Å²) in [6.45, 7) is 7.00. The van der Waals surface area contributed by atoms with Crippen molar-refractivity contribution < 1.29 is 80.9 Å². The van der Waals surface area contributed by atoms with Gasteiger partial charge in [0.05, 0.1) is 0 Å². The standard InChI is InChI=1S/C26H35IO17/c1-10(28)35-9-18-20(36-11(2)29)22(38-13(4)31)24(40-15(6)33)26(43-18)44-19-17(8-27)42-25(41-16(7)34)23(39-14(5)32)21(19)37-12(3)30/h17-26H,8-9H2,1-7H3/t17-,18-,19-,20+,21+,22+,23-,24-,25?,26+/m1/s1. The highest BCUT2D eigenvalue weighted by atomic mass is 127. The SMILES string of the molecule is CC(=O)OC[C@H]1O[C@@H](O[C@H]2[C@H](OC(C)=O)[C@@H](OC(C)=O)C(OC(C)=O)O[C@@H]2CI)[C@H](OC(C)=O)[C@@H](OC(C)=O)[C@H]1OC(C)=O. The van der Waals surface area contributed by atoms with Crippen molar-refractivity contribution >= 4 is 64.4 Å². The zero-order chi connectivity index (χ0) is 33.3. The van der Waals surface area contributed by atoms with Crippen LogP contribution in [0.15, 0.2) is 0 Å². The van der Waals surface area contributed by atoms with Crippen molar-refractivity contribution in [1.82, 2.24) is 0 Å². The van der Waals surface area contributed by atoms with Crippen molar-refractivity contribution in [3.8, 4) is 0 Å². The molecule has 0 saturated carbocycles. The van der Waals surface area contributed by atoms with Gasteiger partial charge in [-0.2, -0.15) is 0 Å². The highest BCUT2D eigenvalue weighted by molar-refractivity contribution is 14.1. The van der Waals surface area contributed by atoms with E-state index in [1.54, 1.807) is 0 Å². The molecule has 248 valence electrons. The smallest absolute Gasteiger partial charge is 0.305 e. The van der Waals surface area contributed by atoms with E-state index in [2.05, 4.69) is 0 Å². The molecule has 2 heterocycles. The van der Waals surface area contributed by atoms with E-state index in [1.807, 2.05) is 22.6 Å². The third-order valence-electron chi connectivity index (χ3n) is 5.87. The molecule has 10 atom stereocenters. The molecule has 18 heteroatoms. The lowest BCUT2D eigenvalue weighted by atomic mass is 9.96. The molecule has 1 unspecified atom stereocenters. The molecule has 0 amide bonds. The first-order valence-corrected chi connectivity index (χ1v) is 14.8. The van der Waals surface area contributed by atoms with Gasteiger partial charge in [0.1, 0.15) is 24.9 Å². The van der Waals surface area contributed by atoms with Crippen LogP contribution in [0.5, 0.6) is 0 Å². The second-order valence-corrected chi connectivity index (χ2v) is 10.5. The third-order valence-corrected chi connectivity index (χ3v) is 6.74. The molecule has 0 N–H and O–H groups in total. The molecule has 0 aromatic heterocycles. The minimum atomic E-state index is -1.68. The monoisotopic (exact) mass is 746 g/mol. The number of carbonyl (C=O) groups excluding carboxylic acids is 7. The molecule has 0 aromatic rings. The maximum absolute atomic E-state index is 12.2. The number of alkyl halides is 1. The molecular weight excluding hydrogens is 711 g/mol. The van der Waals surface area contributed by atoms with Crippen molar-refractivity contribution in [1.29, 1.82) is 0 Å². The van der Waals surface area contributed by atoms with Crippen LogP contribution in [0.1, 0.15) is 48.5 Å². The van der Waals surface area contributed by atoms with Gasteiger partial charge in [-0.15, -0.1) is 0 Å². The molecular formula is C26H35IO17. The molecule has 0 aliphatic carbocycles. The van der Waals surface area contributed by atoms with Gasteiger partial charge in [-0.25, -0.2) is 0 Å². The van der Waals surface area contributed by atoms with Crippen molar-refractivity contribution in [3.05, 3.63) is 0 Å². The first-order valence-electron chi connectivity index (χ1n) is 13.2. The second kappa shape index (κ2) is 16.8. The molecule has 44 heavy (non-hydrogen) atoms. The predicted octanol–water partition coefficient (Wildman–Crippen LogP) is 0.0411. The summed E-state index contributed by atoms with van der Waals surface area (Å²) in [5, 5.41) is 0. The van der Waals surface area contributed by atoms with Crippen LogP contribution in [0.4, 0.5) is 0 Å². The largest absolute Gasteiger partial charge is 0.463 e. The first kappa shape index (κ1) is 37.1. The first-order chi connectivity index (χ1) is 20.5. The number of rotatable bonds is 11. The van der Waals surface area contributed by atoms with Gasteiger partial charge in [-0.1, -0.05) is 22.6 Å². The van der Waals surface area contributed by atoms with E-state index in [4.69, 9.17) is 47.4 Å². The maximum Gasteiger partial charge on any atom is 0.305 e. The van der Waals surface area contributed by atoms with Crippen molar-refractivity contribution in [2.75, 3.05) is 11.0 Å². The van der Waals surface area contributed by atoms with Gasteiger partial charge in [-0.3, -0.25) is 33.6 Å². The lowest BCUT2D eigenvalue weighted by Gasteiger charge is -2.48. The van der Waals surface area contributed by atoms with E-state index < -0.39 is 110 Å².